The molecule has 206 valence electrons. The molecule has 10 N–H and O–H groups in total. The number of phenols is 1. The normalized spacial score (nSPS) is 15.1. The third kappa shape index (κ3) is 11.3. The number of primary amides is 1. The van der Waals surface area contributed by atoms with E-state index < -0.39 is 59.9 Å². The minimum Gasteiger partial charge on any atom is -0.508 e. The molecule has 1 rings (SSSR count). The Morgan fingerprint density at radius 2 is 1.46 bits per heavy atom. The zero-order valence-electron chi connectivity index (χ0n) is 21.1. The number of phenolic OH excluding ortho intramolecular Hbond substituents is 1. The Kier molecular flexibility index (Phi) is 12.5. The van der Waals surface area contributed by atoms with Crippen LogP contribution in [0.2, 0.25) is 0 Å². The maximum Gasteiger partial charge on any atom is 0.326 e. The van der Waals surface area contributed by atoms with Crippen LogP contribution in [0.15, 0.2) is 24.3 Å². The topological polar surface area (TPSA) is 234 Å². The fourth-order valence-corrected chi connectivity index (χ4v) is 3.44. The predicted molar refractivity (Wildman–Crippen MR) is 133 cm³/mol. The largest absolute Gasteiger partial charge is 0.508 e. The number of benzene rings is 1. The van der Waals surface area contributed by atoms with Gasteiger partial charge in [-0.3, -0.25) is 19.2 Å². The van der Waals surface area contributed by atoms with Gasteiger partial charge in [-0.1, -0.05) is 26.0 Å². The molecule has 0 spiro atoms. The van der Waals surface area contributed by atoms with Crippen molar-refractivity contribution < 1.29 is 39.3 Å². The maximum atomic E-state index is 13.0. The Morgan fingerprint density at radius 1 is 0.892 bits per heavy atom. The SMILES string of the molecule is CC(C)CC(N)C(=O)NC(C(=O)NC(Cc1ccc(O)cc1)C(=O)NC(CCC(N)=O)C(=O)O)C(C)O. The molecule has 1 aromatic carbocycles. The van der Waals surface area contributed by atoms with Crippen LogP contribution >= 0.6 is 0 Å². The molecule has 0 radical (unpaired) electrons. The molecule has 0 aliphatic carbocycles. The van der Waals surface area contributed by atoms with Gasteiger partial charge in [-0.15, -0.1) is 0 Å². The molecule has 13 nitrogen and oxygen atoms in total. The van der Waals surface area contributed by atoms with E-state index in [1.807, 2.05) is 13.8 Å². The molecule has 0 heterocycles. The first kappa shape index (κ1) is 31.3. The summed E-state index contributed by atoms with van der Waals surface area (Å²) < 4.78 is 0. The molecule has 5 atom stereocenters. The monoisotopic (exact) mass is 523 g/mol. The molecule has 0 fully saturated rings. The van der Waals surface area contributed by atoms with Gasteiger partial charge in [-0.2, -0.15) is 0 Å². The van der Waals surface area contributed by atoms with Gasteiger partial charge in [0.05, 0.1) is 12.1 Å². The van der Waals surface area contributed by atoms with Crippen molar-refractivity contribution >= 4 is 29.6 Å². The Balaban J connectivity index is 3.13. The third-order valence-electron chi connectivity index (χ3n) is 5.43. The van der Waals surface area contributed by atoms with Gasteiger partial charge < -0.3 is 42.7 Å². The average Bonchev–Trinajstić information content (AvgIpc) is 2.79. The van der Waals surface area contributed by atoms with E-state index in [2.05, 4.69) is 16.0 Å². The van der Waals surface area contributed by atoms with Gasteiger partial charge in [0.2, 0.25) is 23.6 Å². The van der Waals surface area contributed by atoms with E-state index in [1.165, 1.54) is 31.2 Å². The molecule has 13 heteroatoms. The number of carboxylic acid groups (broad SMARTS) is 1. The average molecular weight is 524 g/mol. The highest BCUT2D eigenvalue weighted by Crippen LogP contribution is 2.12. The smallest absolute Gasteiger partial charge is 0.326 e. The summed E-state index contributed by atoms with van der Waals surface area (Å²) in [6.07, 6.45) is -1.69. The number of carbonyl (C=O) groups excluding carboxylic acids is 4. The van der Waals surface area contributed by atoms with Crippen LogP contribution in [0, 0.1) is 5.92 Å². The summed E-state index contributed by atoms with van der Waals surface area (Å²) >= 11 is 0. The number of aliphatic hydroxyl groups is 1. The number of carbonyl (C=O) groups is 5. The third-order valence-corrected chi connectivity index (χ3v) is 5.43. The predicted octanol–water partition coefficient (Wildman–Crippen LogP) is -1.51. The second-order valence-corrected chi connectivity index (χ2v) is 9.30. The molecule has 4 amide bonds. The van der Waals surface area contributed by atoms with Crippen molar-refractivity contribution in [1.29, 1.82) is 0 Å². The second kappa shape index (κ2) is 14.8. The van der Waals surface area contributed by atoms with Gasteiger partial charge in [-0.05, 0) is 43.4 Å². The number of nitrogens with two attached hydrogens (primary N) is 2. The summed E-state index contributed by atoms with van der Waals surface area (Å²) in [5.41, 5.74) is 11.4. The van der Waals surface area contributed by atoms with Crippen molar-refractivity contribution in [3.8, 4) is 5.75 Å². The quantitative estimate of drug-likeness (QED) is 0.133. The van der Waals surface area contributed by atoms with Crippen LogP contribution in [0.3, 0.4) is 0 Å². The van der Waals surface area contributed by atoms with Gasteiger partial charge in [0.15, 0.2) is 0 Å². The summed E-state index contributed by atoms with van der Waals surface area (Å²) in [6.45, 7) is 5.01. The first-order valence-electron chi connectivity index (χ1n) is 11.8. The zero-order valence-corrected chi connectivity index (χ0v) is 21.1. The summed E-state index contributed by atoms with van der Waals surface area (Å²) in [6, 6.07) is 0.570. The number of aliphatic carboxylic acids is 1. The van der Waals surface area contributed by atoms with E-state index >= 15 is 0 Å². The van der Waals surface area contributed by atoms with Crippen LogP contribution in [0.1, 0.15) is 45.6 Å². The number of rotatable bonds is 15. The molecule has 0 aromatic heterocycles. The molecular formula is C24H37N5O8. The van der Waals surface area contributed by atoms with Crippen molar-refractivity contribution in [1.82, 2.24) is 16.0 Å². The highest BCUT2D eigenvalue weighted by molar-refractivity contribution is 5.94. The Labute approximate surface area is 215 Å². The van der Waals surface area contributed by atoms with E-state index in [4.69, 9.17) is 11.5 Å². The van der Waals surface area contributed by atoms with E-state index in [1.54, 1.807) is 0 Å². The summed E-state index contributed by atoms with van der Waals surface area (Å²) in [5.74, 6) is -4.52. The number of hydrogen-bond donors (Lipinski definition) is 8. The number of nitrogens with one attached hydrogen (secondary N) is 3. The summed E-state index contributed by atoms with van der Waals surface area (Å²) in [7, 11) is 0. The highest BCUT2D eigenvalue weighted by Gasteiger charge is 2.32. The highest BCUT2D eigenvalue weighted by atomic mass is 16.4. The number of carboxylic acids is 1. The van der Waals surface area contributed by atoms with Crippen molar-refractivity contribution in [3.63, 3.8) is 0 Å². The number of hydrogen-bond acceptors (Lipinski definition) is 8. The van der Waals surface area contributed by atoms with E-state index in [-0.39, 0.29) is 30.9 Å². The molecule has 1 aromatic rings. The lowest BCUT2D eigenvalue weighted by Gasteiger charge is -2.26. The second-order valence-electron chi connectivity index (χ2n) is 9.30. The Hall–Kier alpha value is -3.71. The molecular weight excluding hydrogens is 486 g/mol. The van der Waals surface area contributed by atoms with Gasteiger partial charge in [-0.25, -0.2) is 4.79 Å². The van der Waals surface area contributed by atoms with Crippen LogP contribution in [0.25, 0.3) is 0 Å². The van der Waals surface area contributed by atoms with Crippen LogP contribution in [-0.2, 0) is 30.4 Å². The number of amides is 4. The van der Waals surface area contributed by atoms with E-state index in [0.29, 0.717) is 12.0 Å². The lowest BCUT2D eigenvalue weighted by molar-refractivity contribution is -0.142. The number of aliphatic hydroxyl groups excluding tert-OH is 1. The van der Waals surface area contributed by atoms with Crippen molar-refractivity contribution in [2.24, 2.45) is 17.4 Å². The van der Waals surface area contributed by atoms with Crippen LogP contribution in [-0.4, -0.2) is 75.2 Å². The van der Waals surface area contributed by atoms with Gasteiger partial charge in [0.25, 0.3) is 0 Å². The van der Waals surface area contributed by atoms with Crippen LogP contribution < -0.4 is 27.4 Å². The number of aromatic hydroxyl groups is 1. The van der Waals surface area contributed by atoms with Crippen molar-refractivity contribution in [2.75, 3.05) is 0 Å². The molecule has 5 unspecified atom stereocenters. The van der Waals surface area contributed by atoms with E-state index in [9.17, 15) is 39.3 Å². The summed E-state index contributed by atoms with van der Waals surface area (Å²) in [5, 5.41) is 36.2. The Morgan fingerprint density at radius 3 is 1.95 bits per heavy atom. The molecule has 0 aliphatic heterocycles. The molecule has 0 saturated carbocycles. The lowest BCUT2D eigenvalue weighted by atomic mass is 10.0. The minimum absolute atomic E-state index is 0.0270. The lowest BCUT2D eigenvalue weighted by Crippen LogP contribution is -2.60. The van der Waals surface area contributed by atoms with Crippen molar-refractivity contribution in [3.05, 3.63) is 29.8 Å². The maximum absolute atomic E-state index is 13.0. The Bertz CT molecular complexity index is 951. The minimum atomic E-state index is -1.46. The van der Waals surface area contributed by atoms with Gasteiger partial charge in [0.1, 0.15) is 23.9 Å². The zero-order chi connectivity index (χ0) is 28.3. The standard InChI is InChI=1S/C24H37N5O8/c1-12(2)10-16(25)21(33)29-20(13(3)30)23(35)28-18(11-14-4-6-15(31)7-5-14)22(34)27-17(24(36)37)8-9-19(26)32/h4-7,12-13,16-18,20,30-31H,8-11,25H2,1-3H3,(H2,26,32)(H,27,34)(H,28,35)(H,29,33)(H,36,37). The molecule has 37 heavy (non-hydrogen) atoms. The summed E-state index contributed by atoms with van der Waals surface area (Å²) in [4.78, 5) is 61.2. The first-order chi connectivity index (χ1) is 17.2. The first-order valence-corrected chi connectivity index (χ1v) is 11.8. The van der Waals surface area contributed by atoms with E-state index in [0.717, 1.165) is 0 Å². The van der Waals surface area contributed by atoms with Gasteiger partial charge >= 0.3 is 5.97 Å². The van der Waals surface area contributed by atoms with Crippen molar-refractivity contribution in [2.45, 2.75) is 76.7 Å². The molecule has 0 aliphatic rings. The van der Waals surface area contributed by atoms with Gasteiger partial charge in [0, 0.05) is 12.8 Å². The van der Waals surface area contributed by atoms with Crippen LogP contribution in [0.4, 0.5) is 0 Å². The fraction of sp³-hybridized carbons (Fsp3) is 0.542. The molecule has 0 bridgehead atoms. The molecule has 0 saturated heterocycles. The van der Waals surface area contributed by atoms with Crippen LogP contribution in [0.5, 0.6) is 5.75 Å². The fourth-order valence-electron chi connectivity index (χ4n) is 3.44.